The van der Waals surface area contributed by atoms with Gasteiger partial charge in [-0.3, -0.25) is 9.78 Å². The van der Waals surface area contributed by atoms with Gasteiger partial charge in [0, 0.05) is 34.6 Å². The number of aryl methyl sites for hydroxylation is 1. The van der Waals surface area contributed by atoms with Crippen LogP contribution in [0.2, 0.25) is 0 Å². The summed E-state index contributed by atoms with van der Waals surface area (Å²) in [5.74, 6) is -0.0395. The molecule has 0 radical (unpaired) electrons. The highest BCUT2D eigenvalue weighted by Crippen LogP contribution is 2.24. The van der Waals surface area contributed by atoms with Gasteiger partial charge in [-0.2, -0.15) is 0 Å². The van der Waals surface area contributed by atoms with Crippen LogP contribution in [0.25, 0.3) is 11.3 Å². The number of hydrogen-bond acceptors (Lipinski definition) is 4. The number of carbonyl (C=O) groups is 1. The van der Waals surface area contributed by atoms with Crippen LogP contribution in [-0.2, 0) is 6.42 Å². The standard InChI is InChI=1S/C16H19N3OS/c1-2-14-7-12(10-21-14)15-4-3-11(8-18-15)16(20)19-13-5-6-17-9-13/h3-4,7-8,10,13,17H,2,5-6,9H2,1H3,(H,19,20). The first-order valence-corrected chi connectivity index (χ1v) is 8.19. The molecule has 1 aliphatic heterocycles. The number of amides is 1. The maximum atomic E-state index is 12.1. The van der Waals surface area contributed by atoms with Gasteiger partial charge in [-0.1, -0.05) is 6.92 Å². The minimum Gasteiger partial charge on any atom is -0.348 e. The van der Waals surface area contributed by atoms with Gasteiger partial charge in [0.05, 0.1) is 11.3 Å². The molecule has 1 aliphatic rings. The first-order chi connectivity index (χ1) is 10.3. The molecule has 1 saturated heterocycles. The van der Waals surface area contributed by atoms with E-state index >= 15 is 0 Å². The maximum absolute atomic E-state index is 12.1. The number of rotatable bonds is 4. The second-order valence-electron chi connectivity index (χ2n) is 5.25. The van der Waals surface area contributed by atoms with Crippen molar-refractivity contribution < 1.29 is 4.79 Å². The first kappa shape index (κ1) is 14.2. The monoisotopic (exact) mass is 301 g/mol. The van der Waals surface area contributed by atoms with Gasteiger partial charge < -0.3 is 10.6 Å². The van der Waals surface area contributed by atoms with Gasteiger partial charge in [-0.05, 0) is 37.6 Å². The van der Waals surface area contributed by atoms with Gasteiger partial charge in [-0.15, -0.1) is 11.3 Å². The molecular weight excluding hydrogens is 282 g/mol. The number of carbonyl (C=O) groups excluding carboxylic acids is 1. The fourth-order valence-electron chi connectivity index (χ4n) is 2.45. The van der Waals surface area contributed by atoms with Crippen LogP contribution in [0.15, 0.2) is 29.8 Å². The van der Waals surface area contributed by atoms with E-state index in [4.69, 9.17) is 0 Å². The molecule has 2 aromatic rings. The molecule has 4 nitrogen and oxygen atoms in total. The van der Waals surface area contributed by atoms with Crippen LogP contribution in [0.5, 0.6) is 0 Å². The average molecular weight is 301 g/mol. The summed E-state index contributed by atoms with van der Waals surface area (Å²) < 4.78 is 0. The van der Waals surface area contributed by atoms with Crippen LogP contribution < -0.4 is 10.6 Å². The Morgan fingerprint density at radius 1 is 1.52 bits per heavy atom. The van der Waals surface area contributed by atoms with Crippen molar-refractivity contribution in [1.82, 2.24) is 15.6 Å². The Hall–Kier alpha value is -1.72. The van der Waals surface area contributed by atoms with Gasteiger partial charge in [0.2, 0.25) is 0 Å². The summed E-state index contributed by atoms with van der Waals surface area (Å²) in [6.45, 7) is 3.97. The van der Waals surface area contributed by atoms with E-state index in [1.54, 1.807) is 17.5 Å². The Morgan fingerprint density at radius 2 is 2.43 bits per heavy atom. The molecule has 0 bridgehead atoms. The second kappa shape index (κ2) is 6.37. The minimum atomic E-state index is -0.0395. The molecule has 2 N–H and O–H groups in total. The summed E-state index contributed by atoms with van der Waals surface area (Å²) in [4.78, 5) is 17.9. The van der Waals surface area contributed by atoms with Gasteiger partial charge in [-0.25, -0.2) is 0 Å². The number of nitrogens with zero attached hydrogens (tertiary/aromatic N) is 1. The zero-order chi connectivity index (χ0) is 14.7. The largest absolute Gasteiger partial charge is 0.348 e. The van der Waals surface area contributed by atoms with Gasteiger partial charge in [0.25, 0.3) is 5.91 Å². The summed E-state index contributed by atoms with van der Waals surface area (Å²) in [6.07, 6.45) is 3.70. The van der Waals surface area contributed by atoms with Crippen LogP contribution in [0.3, 0.4) is 0 Å². The van der Waals surface area contributed by atoms with E-state index in [1.807, 2.05) is 12.1 Å². The molecular formula is C16H19N3OS. The van der Waals surface area contributed by atoms with E-state index in [2.05, 4.69) is 34.0 Å². The lowest BCUT2D eigenvalue weighted by Gasteiger charge is -2.11. The highest BCUT2D eigenvalue weighted by Gasteiger charge is 2.17. The molecule has 0 aliphatic carbocycles. The highest BCUT2D eigenvalue weighted by molar-refractivity contribution is 7.10. The molecule has 1 fully saturated rings. The van der Waals surface area contributed by atoms with Crippen molar-refractivity contribution in [3.63, 3.8) is 0 Å². The maximum Gasteiger partial charge on any atom is 0.253 e. The van der Waals surface area contributed by atoms with E-state index in [0.29, 0.717) is 5.56 Å². The van der Waals surface area contributed by atoms with Crippen LogP contribution >= 0.6 is 11.3 Å². The lowest BCUT2D eigenvalue weighted by atomic mass is 10.1. The third kappa shape index (κ3) is 3.31. The van der Waals surface area contributed by atoms with Crippen molar-refractivity contribution in [2.45, 2.75) is 25.8 Å². The van der Waals surface area contributed by atoms with Crippen molar-refractivity contribution in [2.24, 2.45) is 0 Å². The Morgan fingerprint density at radius 3 is 3.05 bits per heavy atom. The summed E-state index contributed by atoms with van der Waals surface area (Å²) in [5.41, 5.74) is 2.67. The normalized spacial score (nSPS) is 17.9. The SMILES string of the molecule is CCc1cc(-c2ccc(C(=O)NC3CCNC3)cn2)cs1. The number of pyridine rings is 1. The van der Waals surface area contributed by atoms with Gasteiger partial charge >= 0.3 is 0 Å². The Labute approximate surface area is 128 Å². The van der Waals surface area contributed by atoms with Gasteiger partial charge in [0.15, 0.2) is 0 Å². The van der Waals surface area contributed by atoms with Crippen molar-refractivity contribution in [1.29, 1.82) is 0 Å². The molecule has 1 atom stereocenters. The molecule has 1 amide bonds. The predicted molar refractivity (Wildman–Crippen MR) is 85.7 cm³/mol. The Bertz CT molecular complexity index is 615. The molecule has 2 aromatic heterocycles. The summed E-state index contributed by atoms with van der Waals surface area (Å²) in [5, 5.41) is 8.38. The van der Waals surface area contributed by atoms with E-state index in [0.717, 1.165) is 37.2 Å². The molecule has 0 spiro atoms. The molecule has 21 heavy (non-hydrogen) atoms. The van der Waals surface area contributed by atoms with E-state index in [-0.39, 0.29) is 11.9 Å². The van der Waals surface area contributed by atoms with E-state index in [9.17, 15) is 4.79 Å². The van der Waals surface area contributed by atoms with Crippen LogP contribution in [0.4, 0.5) is 0 Å². The smallest absolute Gasteiger partial charge is 0.253 e. The zero-order valence-corrected chi connectivity index (χ0v) is 12.9. The lowest BCUT2D eigenvalue weighted by molar-refractivity contribution is 0.0939. The molecule has 1 unspecified atom stereocenters. The van der Waals surface area contributed by atoms with Crippen molar-refractivity contribution >= 4 is 17.2 Å². The third-order valence-electron chi connectivity index (χ3n) is 3.72. The number of aromatic nitrogens is 1. The molecule has 3 rings (SSSR count). The Balaban J connectivity index is 1.69. The van der Waals surface area contributed by atoms with Gasteiger partial charge in [0.1, 0.15) is 0 Å². The van der Waals surface area contributed by atoms with Crippen molar-refractivity contribution in [3.05, 3.63) is 40.2 Å². The minimum absolute atomic E-state index is 0.0395. The van der Waals surface area contributed by atoms with E-state index in [1.165, 1.54) is 4.88 Å². The molecule has 110 valence electrons. The average Bonchev–Trinajstić information content (AvgIpc) is 3.18. The number of hydrogen-bond donors (Lipinski definition) is 2. The number of thiophene rings is 1. The second-order valence-corrected chi connectivity index (χ2v) is 6.25. The number of nitrogens with one attached hydrogen (secondary N) is 2. The van der Waals surface area contributed by atoms with Crippen molar-refractivity contribution in [2.75, 3.05) is 13.1 Å². The molecule has 5 heteroatoms. The molecule has 0 aromatic carbocycles. The predicted octanol–water partition coefficient (Wildman–Crippen LogP) is 2.46. The van der Waals surface area contributed by atoms with E-state index < -0.39 is 0 Å². The van der Waals surface area contributed by atoms with Crippen LogP contribution in [0.1, 0.15) is 28.6 Å². The summed E-state index contributed by atoms with van der Waals surface area (Å²) in [6, 6.07) is 6.17. The third-order valence-corrected chi connectivity index (χ3v) is 4.80. The lowest BCUT2D eigenvalue weighted by Crippen LogP contribution is -2.36. The molecule has 3 heterocycles. The topological polar surface area (TPSA) is 54.0 Å². The fraction of sp³-hybridized carbons (Fsp3) is 0.375. The quantitative estimate of drug-likeness (QED) is 0.912. The Kier molecular flexibility index (Phi) is 4.31. The molecule has 0 saturated carbocycles. The fourth-order valence-corrected chi connectivity index (χ4v) is 3.27. The van der Waals surface area contributed by atoms with Crippen molar-refractivity contribution in [3.8, 4) is 11.3 Å². The van der Waals surface area contributed by atoms with Crippen LogP contribution in [-0.4, -0.2) is 30.0 Å². The highest BCUT2D eigenvalue weighted by atomic mass is 32.1. The summed E-state index contributed by atoms with van der Waals surface area (Å²) >= 11 is 1.75. The zero-order valence-electron chi connectivity index (χ0n) is 12.1. The summed E-state index contributed by atoms with van der Waals surface area (Å²) in [7, 11) is 0. The van der Waals surface area contributed by atoms with Crippen LogP contribution in [0, 0.1) is 0 Å². The first-order valence-electron chi connectivity index (χ1n) is 7.31.